The van der Waals surface area contributed by atoms with Gasteiger partial charge in [0.25, 0.3) is 5.91 Å². The largest absolute Gasteiger partial charge is 0.493 e. The SMILES string of the molecule is COc1cc(C(=O)N[C@H](C(=O)O)C(C)C)ccc1OC(F)F. The van der Waals surface area contributed by atoms with Crippen molar-refractivity contribution in [2.45, 2.75) is 26.5 Å². The number of carboxylic acid groups (broad SMARTS) is 1. The van der Waals surface area contributed by atoms with E-state index in [2.05, 4.69) is 10.1 Å². The van der Waals surface area contributed by atoms with Crippen molar-refractivity contribution in [3.63, 3.8) is 0 Å². The normalized spacial score (nSPS) is 12.1. The van der Waals surface area contributed by atoms with Gasteiger partial charge in [-0.1, -0.05) is 13.8 Å². The molecule has 0 aliphatic rings. The lowest BCUT2D eigenvalue weighted by Gasteiger charge is -2.18. The van der Waals surface area contributed by atoms with Crippen LogP contribution in [0.2, 0.25) is 0 Å². The smallest absolute Gasteiger partial charge is 0.387 e. The van der Waals surface area contributed by atoms with Crippen molar-refractivity contribution in [3.8, 4) is 11.5 Å². The summed E-state index contributed by atoms with van der Waals surface area (Å²) in [5.74, 6) is -2.39. The molecule has 1 rings (SSSR count). The molecule has 0 heterocycles. The maximum Gasteiger partial charge on any atom is 0.387 e. The molecule has 0 fully saturated rings. The molecular formula is C14H17F2NO5. The quantitative estimate of drug-likeness (QED) is 0.805. The number of alkyl halides is 2. The standard InChI is InChI=1S/C14H17F2NO5/c1-7(2)11(13(19)20)17-12(18)8-4-5-9(22-14(15)16)10(6-8)21-3/h4-7,11,14H,1-3H3,(H,17,18)(H,19,20)/t11-/m0/s1. The molecular weight excluding hydrogens is 300 g/mol. The lowest BCUT2D eigenvalue weighted by atomic mass is 10.0. The molecule has 8 heteroatoms. The van der Waals surface area contributed by atoms with Crippen LogP contribution in [0.3, 0.4) is 0 Å². The van der Waals surface area contributed by atoms with Crippen molar-refractivity contribution >= 4 is 11.9 Å². The average molecular weight is 317 g/mol. The fourth-order valence-corrected chi connectivity index (χ4v) is 1.74. The lowest BCUT2D eigenvalue weighted by molar-refractivity contribution is -0.140. The number of rotatable bonds is 7. The number of halogens is 2. The third-order valence-corrected chi connectivity index (χ3v) is 2.86. The van der Waals surface area contributed by atoms with Crippen molar-refractivity contribution in [1.29, 1.82) is 0 Å². The molecule has 2 N–H and O–H groups in total. The molecule has 0 bridgehead atoms. The van der Waals surface area contributed by atoms with Crippen LogP contribution in [-0.4, -0.2) is 36.7 Å². The molecule has 0 spiro atoms. The van der Waals surface area contributed by atoms with E-state index in [9.17, 15) is 18.4 Å². The average Bonchev–Trinajstić information content (AvgIpc) is 2.43. The highest BCUT2D eigenvalue weighted by Crippen LogP contribution is 2.29. The maximum atomic E-state index is 12.2. The molecule has 0 radical (unpaired) electrons. The van der Waals surface area contributed by atoms with Crippen LogP contribution < -0.4 is 14.8 Å². The second-order valence-electron chi connectivity index (χ2n) is 4.78. The number of methoxy groups -OCH3 is 1. The van der Waals surface area contributed by atoms with E-state index >= 15 is 0 Å². The summed E-state index contributed by atoms with van der Waals surface area (Å²) in [4.78, 5) is 23.1. The molecule has 0 aliphatic carbocycles. The first-order valence-corrected chi connectivity index (χ1v) is 6.42. The summed E-state index contributed by atoms with van der Waals surface area (Å²) < 4.78 is 33.6. The van der Waals surface area contributed by atoms with Crippen LogP contribution in [0.25, 0.3) is 0 Å². The van der Waals surface area contributed by atoms with E-state index in [1.165, 1.54) is 19.2 Å². The molecule has 0 aliphatic heterocycles. The minimum atomic E-state index is -3.02. The zero-order valence-electron chi connectivity index (χ0n) is 12.3. The number of carbonyl (C=O) groups excluding carboxylic acids is 1. The summed E-state index contributed by atoms with van der Waals surface area (Å²) in [6.45, 7) is 0.282. The number of aliphatic carboxylic acids is 1. The summed E-state index contributed by atoms with van der Waals surface area (Å²) >= 11 is 0. The number of benzene rings is 1. The number of nitrogens with one attached hydrogen (secondary N) is 1. The van der Waals surface area contributed by atoms with Gasteiger partial charge in [0.05, 0.1) is 7.11 Å². The molecule has 1 amide bonds. The van der Waals surface area contributed by atoms with Crippen LogP contribution in [0.15, 0.2) is 18.2 Å². The monoisotopic (exact) mass is 317 g/mol. The fourth-order valence-electron chi connectivity index (χ4n) is 1.74. The van der Waals surface area contributed by atoms with Crippen molar-refractivity contribution < 1.29 is 33.0 Å². The Bertz CT molecular complexity index is 548. The van der Waals surface area contributed by atoms with E-state index in [0.717, 1.165) is 6.07 Å². The Labute approximate surface area is 126 Å². The van der Waals surface area contributed by atoms with Crippen molar-refractivity contribution in [1.82, 2.24) is 5.32 Å². The van der Waals surface area contributed by atoms with E-state index in [1.54, 1.807) is 13.8 Å². The number of hydrogen-bond acceptors (Lipinski definition) is 4. The van der Waals surface area contributed by atoms with Gasteiger partial charge in [0.2, 0.25) is 0 Å². The topological polar surface area (TPSA) is 84.9 Å². The molecule has 1 aromatic rings. The number of hydrogen-bond donors (Lipinski definition) is 2. The first kappa shape index (κ1) is 17.7. The van der Waals surface area contributed by atoms with Crippen LogP contribution >= 0.6 is 0 Å². The van der Waals surface area contributed by atoms with Crippen LogP contribution in [-0.2, 0) is 4.79 Å². The van der Waals surface area contributed by atoms with E-state index in [0.29, 0.717) is 0 Å². The Balaban J connectivity index is 2.97. The zero-order chi connectivity index (χ0) is 16.9. The summed E-state index contributed by atoms with van der Waals surface area (Å²) in [7, 11) is 1.24. The van der Waals surface area contributed by atoms with E-state index in [1.807, 2.05) is 0 Å². The van der Waals surface area contributed by atoms with Gasteiger partial charge in [-0.15, -0.1) is 0 Å². The van der Waals surface area contributed by atoms with Gasteiger partial charge in [-0.25, -0.2) is 4.79 Å². The highest BCUT2D eigenvalue weighted by molar-refractivity contribution is 5.97. The van der Waals surface area contributed by atoms with Gasteiger partial charge in [-0.3, -0.25) is 4.79 Å². The van der Waals surface area contributed by atoms with E-state index in [4.69, 9.17) is 9.84 Å². The predicted molar refractivity (Wildman–Crippen MR) is 73.4 cm³/mol. The Morgan fingerprint density at radius 1 is 1.23 bits per heavy atom. The van der Waals surface area contributed by atoms with Crippen LogP contribution in [0, 0.1) is 5.92 Å². The van der Waals surface area contributed by atoms with Crippen molar-refractivity contribution in [2.75, 3.05) is 7.11 Å². The maximum absolute atomic E-state index is 12.2. The molecule has 1 aromatic carbocycles. The molecule has 0 saturated carbocycles. The highest BCUT2D eigenvalue weighted by Gasteiger charge is 2.24. The Hall–Kier alpha value is -2.38. The molecule has 0 aromatic heterocycles. The molecule has 0 saturated heterocycles. The lowest BCUT2D eigenvalue weighted by Crippen LogP contribution is -2.44. The van der Waals surface area contributed by atoms with Gasteiger partial charge in [-0.2, -0.15) is 8.78 Å². The Kier molecular flexibility index (Phi) is 6.09. The summed E-state index contributed by atoms with van der Waals surface area (Å²) in [5.41, 5.74) is 0.0744. The van der Waals surface area contributed by atoms with Gasteiger partial charge in [0, 0.05) is 5.56 Å². The number of carboxylic acids is 1. The van der Waals surface area contributed by atoms with Gasteiger partial charge >= 0.3 is 12.6 Å². The highest BCUT2D eigenvalue weighted by atomic mass is 19.3. The number of carbonyl (C=O) groups is 2. The van der Waals surface area contributed by atoms with Crippen molar-refractivity contribution in [3.05, 3.63) is 23.8 Å². The van der Waals surface area contributed by atoms with Gasteiger partial charge < -0.3 is 19.9 Å². The van der Waals surface area contributed by atoms with Gasteiger partial charge in [0.1, 0.15) is 6.04 Å². The van der Waals surface area contributed by atoms with E-state index < -0.39 is 24.5 Å². The van der Waals surface area contributed by atoms with Crippen LogP contribution in [0.4, 0.5) is 8.78 Å². The number of ether oxygens (including phenoxy) is 2. The van der Waals surface area contributed by atoms with Gasteiger partial charge in [0.15, 0.2) is 11.5 Å². The molecule has 22 heavy (non-hydrogen) atoms. The fraction of sp³-hybridized carbons (Fsp3) is 0.429. The molecule has 1 atom stereocenters. The molecule has 6 nitrogen and oxygen atoms in total. The second kappa shape index (κ2) is 7.58. The summed E-state index contributed by atoms with van der Waals surface area (Å²) in [6, 6.07) is 2.54. The zero-order valence-corrected chi connectivity index (χ0v) is 12.3. The molecule has 0 unspecified atom stereocenters. The van der Waals surface area contributed by atoms with Crippen LogP contribution in [0.1, 0.15) is 24.2 Å². The Morgan fingerprint density at radius 2 is 1.86 bits per heavy atom. The van der Waals surface area contributed by atoms with Gasteiger partial charge in [-0.05, 0) is 24.1 Å². The first-order chi connectivity index (χ1) is 10.3. The minimum absolute atomic E-state index is 0.0515. The third-order valence-electron chi connectivity index (χ3n) is 2.86. The summed E-state index contributed by atoms with van der Waals surface area (Å²) in [6.07, 6.45) is 0. The second-order valence-corrected chi connectivity index (χ2v) is 4.78. The summed E-state index contributed by atoms with van der Waals surface area (Å²) in [5, 5.41) is 11.4. The number of amides is 1. The van der Waals surface area contributed by atoms with E-state index in [-0.39, 0.29) is 23.0 Å². The minimum Gasteiger partial charge on any atom is -0.493 e. The third kappa shape index (κ3) is 4.57. The molecule has 122 valence electrons. The van der Waals surface area contributed by atoms with Crippen LogP contribution in [0.5, 0.6) is 11.5 Å². The Morgan fingerprint density at radius 3 is 2.32 bits per heavy atom. The predicted octanol–water partition coefficient (Wildman–Crippen LogP) is 2.14. The van der Waals surface area contributed by atoms with Crippen molar-refractivity contribution in [2.24, 2.45) is 5.92 Å². The first-order valence-electron chi connectivity index (χ1n) is 6.42.